The van der Waals surface area contributed by atoms with Crippen LogP contribution in [0.4, 0.5) is 16.5 Å². The minimum absolute atomic E-state index is 0.0531. The number of nitrogens with one attached hydrogen (secondary N) is 1. The molecule has 2 aliphatic heterocycles. The van der Waals surface area contributed by atoms with Gasteiger partial charge in [-0.1, -0.05) is 35.6 Å². The Morgan fingerprint density at radius 1 is 0.971 bits per heavy atom. The van der Waals surface area contributed by atoms with Crippen molar-refractivity contribution in [3.05, 3.63) is 64.2 Å². The molecule has 2 atom stereocenters. The fraction of sp³-hybridized carbons (Fsp3) is 0.346. The molecule has 1 N–H and O–H groups in total. The zero-order valence-corrected chi connectivity index (χ0v) is 20.8. The van der Waals surface area contributed by atoms with E-state index in [1.165, 1.54) is 11.3 Å². The SMILES string of the molecule is Cc1cccc(N2CC(c3nnc(NC(=O)C4CC(=O)N(c5cccc(C)c5C)C4)s3)CC2=O)c1. The summed E-state index contributed by atoms with van der Waals surface area (Å²) in [5.74, 6) is -0.772. The Labute approximate surface area is 208 Å². The predicted octanol–water partition coefficient (Wildman–Crippen LogP) is 3.98. The van der Waals surface area contributed by atoms with Crippen LogP contribution in [0.2, 0.25) is 0 Å². The van der Waals surface area contributed by atoms with E-state index in [-0.39, 0.29) is 30.1 Å². The van der Waals surface area contributed by atoms with Gasteiger partial charge in [-0.05, 0) is 55.7 Å². The number of rotatable bonds is 5. The van der Waals surface area contributed by atoms with E-state index in [0.29, 0.717) is 24.6 Å². The lowest BCUT2D eigenvalue weighted by atomic mass is 10.1. The average molecular weight is 490 g/mol. The highest BCUT2D eigenvalue weighted by molar-refractivity contribution is 7.15. The van der Waals surface area contributed by atoms with Gasteiger partial charge in [-0.25, -0.2) is 0 Å². The molecule has 9 heteroatoms. The summed E-state index contributed by atoms with van der Waals surface area (Å²) in [5.41, 5.74) is 4.99. The zero-order valence-electron chi connectivity index (χ0n) is 19.9. The maximum atomic E-state index is 12.9. The molecule has 2 fully saturated rings. The van der Waals surface area contributed by atoms with Crippen molar-refractivity contribution in [3.8, 4) is 0 Å². The maximum absolute atomic E-state index is 12.9. The summed E-state index contributed by atoms with van der Waals surface area (Å²) in [5, 5.41) is 12.3. The van der Waals surface area contributed by atoms with Crippen LogP contribution in [0.25, 0.3) is 0 Å². The molecule has 3 heterocycles. The summed E-state index contributed by atoms with van der Waals surface area (Å²) in [4.78, 5) is 41.7. The lowest BCUT2D eigenvalue weighted by molar-refractivity contribution is -0.122. The number of aromatic nitrogens is 2. The van der Waals surface area contributed by atoms with Gasteiger partial charge < -0.3 is 15.1 Å². The molecular formula is C26H27N5O3S. The number of benzene rings is 2. The van der Waals surface area contributed by atoms with Crippen LogP contribution in [0.3, 0.4) is 0 Å². The summed E-state index contributed by atoms with van der Waals surface area (Å²) in [6.07, 6.45) is 0.520. The van der Waals surface area contributed by atoms with Crippen LogP contribution in [-0.2, 0) is 14.4 Å². The van der Waals surface area contributed by atoms with Gasteiger partial charge >= 0.3 is 0 Å². The number of amides is 3. The van der Waals surface area contributed by atoms with Crippen molar-refractivity contribution in [3.63, 3.8) is 0 Å². The fourth-order valence-corrected chi connectivity index (χ4v) is 5.56. The van der Waals surface area contributed by atoms with Crippen LogP contribution in [0.1, 0.15) is 40.5 Å². The van der Waals surface area contributed by atoms with Gasteiger partial charge in [0.1, 0.15) is 5.01 Å². The van der Waals surface area contributed by atoms with E-state index in [4.69, 9.17) is 0 Å². The number of hydrogen-bond donors (Lipinski definition) is 1. The molecule has 0 radical (unpaired) electrons. The summed E-state index contributed by atoms with van der Waals surface area (Å²) in [6.45, 7) is 6.87. The fourth-order valence-electron chi connectivity index (χ4n) is 4.72. The first-order valence-electron chi connectivity index (χ1n) is 11.7. The molecule has 180 valence electrons. The predicted molar refractivity (Wildman–Crippen MR) is 136 cm³/mol. The van der Waals surface area contributed by atoms with Crippen LogP contribution in [0.15, 0.2) is 42.5 Å². The second-order valence-corrected chi connectivity index (χ2v) is 10.3. The molecule has 0 saturated carbocycles. The molecule has 2 saturated heterocycles. The Morgan fingerprint density at radius 2 is 1.74 bits per heavy atom. The second-order valence-electron chi connectivity index (χ2n) is 9.30. The van der Waals surface area contributed by atoms with Crippen molar-refractivity contribution in [2.45, 2.75) is 39.5 Å². The Bertz CT molecular complexity index is 1320. The first-order valence-corrected chi connectivity index (χ1v) is 12.5. The summed E-state index contributed by atoms with van der Waals surface area (Å²) < 4.78 is 0. The second kappa shape index (κ2) is 9.22. The highest BCUT2D eigenvalue weighted by atomic mass is 32.1. The summed E-state index contributed by atoms with van der Waals surface area (Å²) >= 11 is 1.29. The highest BCUT2D eigenvalue weighted by Crippen LogP contribution is 2.35. The maximum Gasteiger partial charge on any atom is 0.231 e. The third-order valence-electron chi connectivity index (χ3n) is 6.82. The monoisotopic (exact) mass is 489 g/mol. The molecule has 3 aromatic rings. The Balaban J connectivity index is 1.23. The normalized spacial score (nSPS) is 20.1. The molecular weight excluding hydrogens is 462 g/mol. The minimum atomic E-state index is -0.459. The van der Waals surface area contributed by atoms with Gasteiger partial charge in [0, 0.05) is 43.2 Å². The Hall–Kier alpha value is -3.59. The molecule has 2 aliphatic rings. The van der Waals surface area contributed by atoms with Crippen molar-refractivity contribution < 1.29 is 14.4 Å². The molecule has 8 nitrogen and oxygen atoms in total. The molecule has 0 bridgehead atoms. The molecule has 3 amide bonds. The van der Waals surface area contributed by atoms with Crippen LogP contribution in [0, 0.1) is 26.7 Å². The summed E-state index contributed by atoms with van der Waals surface area (Å²) in [7, 11) is 0. The Morgan fingerprint density at radius 3 is 2.54 bits per heavy atom. The van der Waals surface area contributed by atoms with E-state index in [1.54, 1.807) is 9.80 Å². The molecule has 35 heavy (non-hydrogen) atoms. The van der Waals surface area contributed by atoms with Gasteiger partial charge in [-0.15, -0.1) is 10.2 Å². The number of carbonyl (C=O) groups excluding carboxylic acids is 3. The van der Waals surface area contributed by atoms with E-state index in [9.17, 15) is 14.4 Å². The quantitative estimate of drug-likeness (QED) is 0.585. The van der Waals surface area contributed by atoms with E-state index >= 15 is 0 Å². The minimum Gasteiger partial charge on any atom is -0.312 e. The van der Waals surface area contributed by atoms with Gasteiger partial charge in [0.25, 0.3) is 0 Å². The molecule has 2 unspecified atom stereocenters. The molecule has 2 aromatic carbocycles. The van der Waals surface area contributed by atoms with Crippen molar-refractivity contribution >= 4 is 45.6 Å². The topological polar surface area (TPSA) is 95.5 Å². The van der Waals surface area contributed by atoms with E-state index in [0.717, 1.165) is 33.1 Å². The Kier molecular flexibility index (Phi) is 6.10. The first kappa shape index (κ1) is 23.2. The van der Waals surface area contributed by atoms with Crippen LogP contribution in [-0.4, -0.2) is 41.0 Å². The molecule has 0 aliphatic carbocycles. The standard InChI is InChI=1S/C26H27N5O3S/c1-15-6-4-8-20(10-15)30-14-19(12-22(30)32)25-28-29-26(35-25)27-24(34)18-11-23(33)31(13-18)21-9-5-7-16(2)17(21)3/h4-10,18-19H,11-14H2,1-3H3,(H,27,29,34). The van der Waals surface area contributed by atoms with Gasteiger partial charge in [-0.3, -0.25) is 14.4 Å². The lowest BCUT2D eigenvalue weighted by Gasteiger charge is -2.20. The number of nitrogens with zero attached hydrogens (tertiary/aromatic N) is 4. The number of hydrogen-bond acceptors (Lipinski definition) is 6. The van der Waals surface area contributed by atoms with Gasteiger partial charge in [0.05, 0.1) is 5.92 Å². The summed E-state index contributed by atoms with van der Waals surface area (Å²) in [6, 6.07) is 13.7. The lowest BCUT2D eigenvalue weighted by Crippen LogP contribution is -2.28. The highest BCUT2D eigenvalue weighted by Gasteiger charge is 2.37. The molecule has 1 aromatic heterocycles. The van der Waals surface area contributed by atoms with Crippen LogP contribution < -0.4 is 15.1 Å². The molecule has 0 spiro atoms. The third kappa shape index (κ3) is 4.55. The van der Waals surface area contributed by atoms with Crippen molar-refractivity contribution in [2.75, 3.05) is 28.2 Å². The van der Waals surface area contributed by atoms with Crippen molar-refractivity contribution in [2.24, 2.45) is 5.92 Å². The van der Waals surface area contributed by atoms with Crippen molar-refractivity contribution in [1.82, 2.24) is 10.2 Å². The van der Waals surface area contributed by atoms with E-state index in [1.807, 2.05) is 63.2 Å². The third-order valence-corrected chi connectivity index (χ3v) is 7.82. The van der Waals surface area contributed by atoms with Gasteiger partial charge in [-0.2, -0.15) is 0 Å². The van der Waals surface area contributed by atoms with Gasteiger partial charge in [0.2, 0.25) is 22.9 Å². The van der Waals surface area contributed by atoms with E-state index < -0.39 is 5.92 Å². The average Bonchev–Trinajstić information content (AvgIpc) is 3.54. The number of carbonyl (C=O) groups is 3. The van der Waals surface area contributed by atoms with Crippen LogP contribution >= 0.6 is 11.3 Å². The largest absolute Gasteiger partial charge is 0.312 e. The zero-order chi connectivity index (χ0) is 24.7. The van der Waals surface area contributed by atoms with Gasteiger partial charge in [0.15, 0.2) is 0 Å². The van der Waals surface area contributed by atoms with Crippen LogP contribution in [0.5, 0.6) is 0 Å². The number of aryl methyl sites for hydroxylation is 2. The smallest absolute Gasteiger partial charge is 0.231 e. The number of anilines is 3. The van der Waals surface area contributed by atoms with Crippen molar-refractivity contribution in [1.29, 1.82) is 0 Å². The molecule has 5 rings (SSSR count). The van der Waals surface area contributed by atoms with E-state index in [2.05, 4.69) is 15.5 Å². The first-order chi connectivity index (χ1) is 16.8.